The average Bonchev–Trinajstić information content (AvgIpc) is 2.88. The minimum atomic E-state index is -1.48. The quantitative estimate of drug-likeness (QED) is 0.385. The van der Waals surface area contributed by atoms with Crippen molar-refractivity contribution in [2.75, 3.05) is 39.1 Å². The Bertz CT molecular complexity index is 1080. The first-order valence-corrected chi connectivity index (χ1v) is 12.7. The second-order valence-corrected chi connectivity index (χ2v) is 10.0. The van der Waals surface area contributed by atoms with Gasteiger partial charge in [0.25, 0.3) is 0 Å². The maximum atomic E-state index is 15.4. The smallest absolute Gasteiger partial charge is 0.148 e. The summed E-state index contributed by atoms with van der Waals surface area (Å²) in [6.07, 6.45) is 3.68. The predicted octanol–water partition coefficient (Wildman–Crippen LogP) is 5.44. The van der Waals surface area contributed by atoms with Gasteiger partial charge in [-0.25, -0.2) is 13.8 Å². The van der Waals surface area contributed by atoms with E-state index >= 15 is 4.39 Å². The topological polar surface area (TPSA) is 58.5 Å². The highest BCUT2D eigenvalue weighted by atomic mass is 32.2. The van der Waals surface area contributed by atoms with Crippen LogP contribution in [0.4, 0.5) is 8.78 Å². The highest BCUT2D eigenvalue weighted by Gasteiger charge is 2.35. The Balaban J connectivity index is 1.34. The molecule has 0 bridgehead atoms. The summed E-state index contributed by atoms with van der Waals surface area (Å²) in [5.41, 5.74) is 0.237. The number of aliphatic hydroxyl groups is 1. The van der Waals surface area contributed by atoms with Crippen molar-refractivity contribution in [3.63, 3.8) is 0 Å². The third-order valence-corrected chi connectivity index (χ3v) is 7.78. The number of halogens is 2. The molecule has 182 valence electrons. The van der Waals surface area contributed by atoms with Crippen LogP contribution < -0.4 is 4.74 Å². The highest BCUT2D eigenvalue weighted by molar-refractivity contribution is 7.99. The van der Waals surface area contributed by atoms with Crippen molar-refractivity contribution in [1.82, 2.24) is 14.9 Å². The van der Waals surface area contributed by atoms with Crippen LogP contribution in [-0.2, 0) is 0 Å². The van der Waals surface area contributed by atoms with Crippen LogP contribution >= 0.6 is 11.8 Å². The molecule has 8 heteroatoms. The summed E-state index contributed by atoms with van der Waals surface area (Å²) in [7, 11) is 1.52. The largest absolute Gasteiger partial charge is 0.497 e. The van der Waals surface area contributed by atoms with Gasteiger partial charge in [-0.15, -0.1) is 11.8 Å². The minimum Gasteiger partial charge on any atom is -0.497 e. The molecule has 0 amide bonds. The Morgan fingerprint density at radius 3 is 2.74 bits per heavy atom. The Hall–Kier alpha value is -2.29. The summed E-state index contributed by atoms with van der Waals surface area (Å²) < 4.78 is 35.3. The van der Waals surface area contributed by atoms with Gasteiger partial charge in [-0.3, -0.25) is 4.98 Å². The molecule has 1 fully saturated rings. The van der Waals surface area contributed by atoms with Crippen LogP contribution in [0.2, 0.25) is 0 Å². The van der Waals surface area contributed by atoms with E-state index in [-0.39, 0.29) is 24.0 Å². The lowest BCUT2D eigenvalue weighted by Crippen LogP contribution is -2.42. The van der Waals surface area contributed by atoms with Gasteiger partial charge in [0, 0.05) is 36.1 Å². The molecule has 1 aromatic carbocycles. The number of nitrogens with zero attached hydrogens (tertiary/aromatic N) is 3. The number of thioether (sulfide) groups is 1. The van der Waals surface area contributed by atoms with Gasteiger partial charge in [-0.1, -0.05) is 6.07 Å². The van der Waals surface area contributed by atoms with E-state index in [0.29, 0.717) is 23.1 Å². The lowest BCUT2D eigenvalue weighted by atomic mass is 9.74. The molecule has 34 heavy (non-hydrogen) atoms. The van der Waals surface area contributed by atoms with E-state index in [1.807, 2.05) is 18.2 Å². The van der Waals surface area contributed by atoms with E-state index in [0.717, 1.165) is 49.5 Å². The van der Waals surface area contributed by atoms with Crippen molar-refractivity contribution in [3.8, 4) is 5.75 Å². The third kappa shape index (κ3) is 5.85. The van der Waals surface area contributed by atoms with Gasteiger partial charge >= 0.3 is 0 Å². The number of ether oxygens (including phenoxy) is 1. The summed E-state index contributed by atoms with van der Waals surface area (Å²) >= 11 is 1.73. The van der Waals surface area contributed by atoms with E-state index in [9.17, 15) is 9.50 Å². The molecule has 3 heterocycles. The van der Waals surface area contributed by atoms with Crippen LogP contribution in [-0.4, -0.2) is 59.1 Å². The number of likely N-dealkylation sites (tertiary alicyclic amines) is 1. The Morgan fingerprint density at radius 1 is 1.21 bits per heavy atom. The Morgan fingerprint density at radius 2 is 2.03 bits per heavy atom. The van der Waals surface area contributed by atoms with Crippen LogP contribution in [0, 0.1) is 11.2 Å². The van der Waals surface area contributed by atoms with Crippen LogP contribution in [0.1, 0.15) is 37.4 Å². The van der Waals surface area contributed by atoms with Crippen LogP contribution in [0.3, 0.4) is 0 Å². The van der Waals surface area contributed by atoms with E-state index in [4.69, 9.17) is 4.74 Å². The standard InChI is InChI=1S/C26H31F2N3O2S/c1-33-19-5-6-23-20(16-19)25(22(28)17-30-23)21(27)7-8-26(18-32)9-12-31(13-10-26)14-15-34-24-4-2-3-11-29-24/h2-6,11,16-17,21,32H,7-10,12-15,18H2,1H3/t21-/m0/s1. The van der Waals surface area contributed by atoms with E-state index < -0.39 is 12.0 Å². The zero-order valence-corrected chi connectivity index (χ0v) is 20.2. The normalized spacial score (nSPS) is 17.1. The van der Waals surface area contributed by atoms with Gasteiger partial charge in [0.1, 0.15) is 17.7 Å². The summed E-state index contributed by atoms with van der Waals surface area (Å²) in [6, 6.07) is 11.0. The van der Waals surface area contributed by atoms with E-state index in [1.54, 1.807) is 36.2 Å². The first kappa shape index (κ1) is 24.8. The number of hydrogen-bond donors (Lipinski definition) is 1. The van der Waals surface area contributed by atoms with Gasteiger partial charge in [-0.2, -0.15) is 0 Å². The number of pyridine rings is 2. The minimum absolute atomic E-state index is 0.0175. The molecule has 0 aliphatic carbocycles. The molecule has 1 aliphatic rings. The van der Waals surface area contributed by atoms with Crippen molar-refractivity contribution in [1.29, 1.82) is 0 Å². The fourth-order valence-corrected chi connectivity index (χ4v) is 5.51. The van der Waals surface area contributed by atoms with Crippen LogP contribution in [0.25, 0.3) is 10.9 Å². The highest BCUT2D eigenvalue weighted by Crippen LogP contribution is 2.40. The molecular formula is C26H31F2N3O2S. The van der Waals surface area contributed by atoms with E-state index in [2.05, 4.69) is 14.9 Å². The Labute approximate surface area is 203 Å². The van der Waals surface area contributed by atoms with Crippen molar-refractivity contribution < 1.29 is 18.6 Å². The molecule has 1 saturated heterocycles. The summed E-state index contributed by atoms with van der Waals surface area (Å²) in [5.74, 6) is 0.841. The van der Waals surface area contributed by atoms with Gasteiger partial charge in [0.05, 0.1) is 23.8 Å². The van der Waals surface area contributed by atoms with E-state index in [1.165, 1.54) is 7.11 Å². The second-order valence-electron chi connectivity index (χ2n) is 8.93. The molecule has 0 spiro atoms. The predicted molar refractivity (Wildman–Crippen MR) is 131 cm³/mol. The number of alkyl halides is 1. The second kappa shape index (κ2) is 11.4. The average molecular weight is 488 g/mol. The number of aliphatic hydroxyl groups excluding tert-OH is 1. The number of rotatable bonds is 10. The van der Waals surface area contributed by atoms with Crippen molar-refractivity contribution >= 4 is 22.7 Å². The van der Waals surface area contributed by atoms with Gasteiger partial charge in [0.15, 0.2) is 0 Å². The summed E-state index contributed by atoms with van der Waals surface area (Å²) in [6.45, 7) is 2.70. The van der Waals surface area contributed by atoms with Crippen molar-refractivity contribution in [3.05, 3.63) is 60.2 Å². The lowest BCUT2D eigenvalue weighted by molar-refractivity contribution is 0.0321. The molecule has 1 aliphatic heterocycles. The number of aromatic nitrogens is 2. The lowest BCUT2D eigenvalue weighted by Gasteiger charge is -2.41. The zero-order chi connectivity index (χ0) is 24.0. The third-order valence-electron chi connectivity index (χ3n) is 6.86. The first-order valence-electron chi connectivity index (χ1n) is 11.7. The number of hydrogen-bond acceptors (Lipinski definition) is 6. The SMILES string of the molecule is COc1ccc2ncc(F)c([C@@H](F)CCC3(CO)CCN(CCSc4ccccn4)CC3)c2c1. The molecule has 1 atom stereocenters. The van der Waals surface area contributed by atoms with Gasteiger partial charge in [0.2, 0.25) is 0 Å². The maximum absolute atomic E-state index is 15.4. The molecule has 0 saturated carbocycles. The molecule has 1 N–H and O–H groups in total. The first-order chi connectivity index (χ1) is 16.5. The van der Waals surface area contributed by atoms with Crippen molar-refractivity contribution in [2.45, 2.75) is 36.9 Å². The molecule has 0 radical (unpaired) electrons. The molecule has 4 rings (SSSR count). The molecule has 3 aromatic rings. The van der Waals surface area contributed by atoms with Gasteiger partial charge in [-0.05, 0) is 74.5 Å². The van der Waals surface area contributed by atoms with Crippen LogP contribution in [0.5, 0.6) is 5.75 Å². The maximum Gasteiger partial charge on any atom is 0.148 e. The fraction of sp³-hybridized carbons (Fsp3) is 0.462. The van der Waals surface area contributed by atoms with Gasteiger partial charge < -0.3 is 14.7 Å². The summed E-state index contributed by atoms with van der Waals surface area (Å²) in [4.78, 5) is 10.8. The fourth-order valence-electron chi connectivity index (χ4n) is 4.64. The Kier molecular flexibility index (Phi) is 8.34. The number of fused-ring (bicyclic) bond motifs is 1. The summed E-state index contributed by atoms with van der Waals surface area (Å²) in [5, 5.41) is 11.6. The molecular weight excluding hydrogens is 456 g/mol. The number of benzene rings is 1. The number of methoxy groups -OCH3 is 1. The molecule has 0 unspecified atom stereocenters. The monoisotopic (exact) mass is 487 g/mol. The van der Waals surface area contributed by atoms with Crippen molar-refractivity contribution in [2.24, 2.45) is 5.41 Å². The molecule has 2 aromatic heterocycles. The number of piperidine rings is 1. The van der Waals surface area contributed by atoms with Crippen LogP contribution in [0.15, 0.2) is 53.8 Å². The molecule has 5 nitrogen and oxygen atoms in total. The zero-order valence-electron chi connectivity index (χ0n) is 19.4.